The summed E-state index contributed by atoms with van der Waals surface area (Å²) in [6, 6.07) is 7.14. The van der Waals surface area contributed by atoms with Gasteiger partial charge in [-0.25, -0.2) is 4.39 Å². The lowest BCUT2D eigenvalue weighted by Gasteiger charge is -2.21. The molecule has 1 aromatic heterocycles. The van der Waals surface area contributed by atoms with Crippen LogP contribution in [0.5, 0.6) is 0 Å². The smallest absolute Gasteiger partial charge is 0.124 e. The van der Waals surface area contributed by atoms with E-state index in [2.05, 4.69) is 33.2 Å². The lowest BCUT2D eigenvalue weighted by molar-refractivity contribution is 0.560. The molecule has 4 heteroatoms. The van der Waals surface area contributed by atoms with Crippen LogP contribution < -0.4 is 5.73 Å². The van der Waals surface area contributed by atoms with Crippen molar-refractivity contribution in [1.82, 2.24) is 4.57 Å². The SMILES string of the molecule is NC1CCCc2c1ccn2-c1ccc(F)cc1I. The molecule has 94 valence electrons. The predicted octanol–water partition coefficient (Wildman–Crippen LogP) is 3.56. The van der Waals surface area contributed by atoms with Crippen LogP contribution in [0.4, 0.5) is 4.39 Å². The summed E-state index contributed by atoms with van der Waals surface area (Å²) in [6.45, 7) is 0. The largest absolute Gasteiger partial charge is 0.324 e. The van der Waals surface area contributed by atoms with E-state index >= 15 is 0 Å². The van der Waals surface area contributed by atoms with E-state index in [1.165, 1.54) is 17.3 Å². The van der Waals surface area contributed by atoms with Crippen LogP contribution in [0.1, 0.15) is 30.1 Å². The maximum atomic E-state index is 13.2. The fraction of sp³-hybridized carbons (Fsp3) is 0.286. The Morgan fingerprint density at radius 2 is 2.17 bits per heavy atom. The Morgan fingerprint density at radius 3 is 2.94 bits per heavy atom. The minimum absolute atomic E-state index is 0.146. The summed E-state index contributed by atoms with van der Waals surface area (Å²) in [7, 11) is 0. The molecule has 0 fully saturated rings. The molecule has 1 heterocycles. The number of fused-ring (bicyclic) bond motifs is 1. The second-order valence-electron chi connectivity index (χ2n) is 4.68. The summed E-state index contributed by atoms with van der Waals surface area (Å²) in [6.07, 6.45) is 5.27. The van der Waals surface area contributed by atoms with Gasteiger partial charge in [-0.2, -0.15) is 0 Å². The number of benzene rings is 1. The van der Waals surface area contributed by atoms with Crippen LogP contribution in [0, 0.1) is 9.39 Å². The van der Waals surface area contributed by atoms with E-state index in [9.17, 15) is 4.39 Å². The van der Waals surface area contributed by atoms with E-state index in [0.29, 0.717) is 0 Å². The first kappa shape index (κ1) is 12.2. The van der Waals surface area contributed by atoms with Crippen LogP contribution in [0.15, 0.2) is 30.5 Å². The first-order chi connectivity index (χ1) is 8.66. The number of hydrogen-bond donors (Lipinski definition) is 1. The monoisotopic (exact) mass is 356 g/mol. The fourth-order valence-corrected chi connectivity index (χ4v) is 3.37. The molecule has 2 aromatic rings. The number of nitrogens with zero attached hydrogens (tertiary/aromatic N) is 1. The average molecular weight is 356 g/mol. The average Bonchev–Trinajstić information content (AvgIpc) is 2.74. The molecule has 0 amide bonds. The van der Waals surface area contributed by atoms with Gasteiger partial charge < -0.3 is 10.3 Å². The highest BCUT2D eigenvalue weighted by Gasteiger charge is 2.21. The molecule has 1 atom stereocenters. The van der Waals surface area contributed by atoms with Gasteiger partial charge in [0.15, 0.2) is 0 Å². The minimum atomic E-state index is -0.194. The molecule has 2 nitrogen and oxygen atoms in total. The third-order valence-electron chi connectivity index (χ3n) is 3.52. The molecule has 0 aliphatic heterocycles. The first-order valence-corrected chi connectivity index (χ1v) is 7.16. The van der Waals surface area contributed by atoms with Crippen molar-refractivity contribution in [3.05, 3.63) is 51.1 Å². The Hall–Kier alpha value is -0.880. The highest BCUT2D eigenvalue weighted by Crippen LogP contribution is 2.31. The lowest BCUT2D eigenvalue weighted by atomic mass is 9.93. The zero-order valence-corrected chi connectivity index (χ0v) is 12.0. The maximum Gasteiger partial charge on any atom is 0.124 e. The first-order valence-electron chi connectivity index (χ1n) is 6.08. The second kappa shape index (κ2) is 4.66. The number of aromatic nitrogens is 1. The molecule has 0 radical (unpaired) electrons. The zero-order chi connectivity index (χ0) is 12.7. The molecule has 2 N–H and O–H groups in total. The summed E-state index contributed by atoms with van der Waals surface area (Å²) < 4.78 is 16.2. The normalized spacial score (nSPS) is 18.7. The van der Waals surface area contributed by atoms with Gasteiger partial charge in [-0.05, 0) is 71.7 Å². The van der Waals surface area contributed by atoms with Crippen LogP contribution in [0.2, 0.25) is 0 Å². The molecular weight excluding hydrogens is 342 g/mol. The third-order valence-corrected chi connectivity index (χ3v) is 4.39. The van der Waals surface area contributed by atoms with Crippen LogP contribution in [0.3, 0.4) is 0 Å². The molecular formula is C14H14FIN2. The van der Waals surface area contributed by atoms with Crippen molar-refractivity contribution >= 4 is 22.6 Å². The van der Waals surface area contributed by atoms with Crippen molar-refractivity contribution in [3.63, 3.8) is 0 Å². The summed E-state index contributed by atoms with van der Waals surface area (Å²) in [5.74, 6) is -0.194. The van der Waals surface area contributed by atoms with Crippen molar-refractivity contribution in [2.24, 2.45) is 5.73 Å². The van der Waals surface area contributed by atoms with Crippen LogP contribution in [-0.4, -0.2) is 4.57 Å². The molecule has 3 rings (SSSR count). The third kappa shape index (κ3) is 1.97. The van der Waals surface area contributed by atoms with E-state index in [-0.39, 0.29) is 11.9 Å². The summed E-state index contributed by atoms with van der Waals surface area (Å²) in [5, 5.41) is 0. The molecule has 0 spiro atoms. The van der Waals surface area contributed by atoms with Crippen molar-refractivity contribution in [3.8, 4) is 5.69 Å². The van der Waals surface area contributed by atoms with Crippen molar-refractivity contribution < 1.29 is 4.39 Å². The van der Waals surface area contributed by atoms with Gasteiger partial charge in [0.2, 0.25) is 0 Å². The Bertz CT molecular complexity index is 591. The minimum Gasteiger partial charge on any atom is -0.324 e. The van der Waals surface area contributed by atoms with Crippen molar-refractivity contribution in [1.29, 1.82) is 0 Å². The molecule has 0 bridgehead atoms. The Kier molecular flexibility index (Phi) is 3.15. The summed E-state index contributed by atoms with van der Waals surface area (Å²) in [5.41, 5.74) is 9.67. The maximum absolute atomic E-state index is 13.2. The molecule has 1 aromatic carbocycles. The fourth-order valence-electron chi connectivity index (χ4n) is 2.63. The quantitative estimate of drug-likeness (QED) is 0.779. The summed E-state index contributed by atoms with van der Waals surface area (Å²) >= 11 is 2.18. The van der Waals surface area contributed by atoms with Crippen molar-refractivity contribution in [2.75, 3.05) is 0 Å². The second-order valence-corrected chi connectivity index (χ2v) is 5.84. The highest BCUT2D eigenvalue weighted by atomic mass is 127. The number of nitrogens with two attached hydrogens (primary N) is 1. The van der Waals surface area contributed by atoms with E-state index in [1.807, 2.05) is 12.3 Å². The van der Waals surface area contributed by atoms with Gasteiger partial charge in [0.25, 0.3) is 0 Å². The van der Waals surface area contributed by atoms with E-state index in [4.69, 9.17) is 5.73 Å². The Balaban J connectivity index is 2.12. The molecule has 1 aliphatic rings. The standard InChI is InChI=1S/C14H14FIN2/c15-9-4-5-14(11(16)8-9)18-7-6-10-12(17)2-1-3-13(10)18/h4-8,12H,1-3,17H2. The molecule has 18 heavy (non-hydrogen) atoms. The van der Waals surface area contributed by atoms with Crippen molar-refractivity contribution in [2.45, 2.75) is 25.3 Å². The molecule has 0 saturated heterocycles. The van der Waals surface area contributed by atoms with Gasteiger partial charge >= 0.3 is 0 Å². The summed E-state index contributed by atoms with van der Waals surface area (Å²) in [4.78, 5) is 0. The zero-order valence-electron chi connectivity index (χ0n) is 9.87. The van der Waals surface area contributed by atoms with E-state index in [1.54, 1.807) is 6.07 Å². The van der Waals surface area contributed by atoms with Crippen LogP contribution in [0.25, 0.3) is 5.69 Å². The van der Waals surface area contributed by atoms with E-state index < -0.39 is 0 Å². The predicted molar refractivity (Wildman–Crippen MR) is 78.3 cm³/mol. The van der Waals surface area contributed by atoms with Crippen LogP contribution >= 0.6 is 22.6 Å². The Labute approximate surface area is 119 Å². The topological polar surface area (TPSA) is 30.9 Å². The Morgan fingerprint density at radius 1 is 1.33 bits per heavy atom. The lowest BCUT2D eigenvalue weighted by Crippen LogP contribution is -2.18. The van der Waals surface area contributed by atoms with Gasteiger partial charge in [0.1, 0.15) is 5.82 Å². The van der Waals surface area contributed by atoms with Gasteiger partial charge in [0, 0.05) is 21.5 Å². The molecule has 1 aliphatic carbocycles. The molecule has 1 unspecified atom stereocenters. The van der Waals surface area contributed by atoms with Gasteiger partial charge in [-0.15, -0.1) is 0 Å². The highest BCUT2D eigenvalue weighted by molar-refractivity contribution is 14.1. The van der Waals surface area contributed by atoms with Gasteiger partial charge in [0.05, 0.1) is 5.69 Å². The van der Waals surface area contributed by atoms with Gasteiger partial charge in [-0.3, -0.25) is 0 Å². The van der Waals surface area contributed by atoms with Gasteiger partial charge in [-0.1, -0.05) is 0 Å². The number of hydrogen-bond acceptors (Lipinski definition) is 1. The number of rotatable bonds is 1. The number of halogens is 2. The van der Waals surface area contributed by atoms with E-state index in [0.717, 1.165) is 28.5 Å². The molecule has 0 saturated carbocycles. The van der Waals surface area contributed by atoms with Crippen LogP contribution in [-0.2, 0) is 6.42 Å².